The minimum Gasteiger partial charge on any atom is -0.512 e. The lowest BCUT2D eigenvalue weighted by molar-refractivity contribution is -0.161. The number of rotatable bonds is 11. The van der Waals surface area contributed by atoms with Crippen LogP contribution in [0.15, 0.2) is 107 Å². The van der Waals surface area contributed by atoms with Crippen molar-refractivity contribution < 1.29 is 23.1 Å². The Hall–Kier alpha value is -3.58. The van der Waals surface area contributed by atoms with Gasteiger partial charge in [-0.15, -0.1) is 0 Å². The van der Waals surface area contributed by atoms with Crippen molar-refractivity contribution in [2.45, 2.75) is 68.9 Å². The third kappa shape index (κ3) is 5.78. The summed E-state index contributed by atoms with van der Waals surface area (Å²) < 4.78 is 35.3. The molecule has 0 aliphatic carbocycles. The van der Waals surface area contributed by atoms with Crippen molar-refractivity contribution in [3.8, 4) is 0 Å². The number of hydrogen-bond donors (Lipinski definition) is 1. The predicted octanol–water partition coefficient (Wildman–Crippen LogP) is 6.59. The summed E-state index contributed by atoms with van der Waals surface area (Å²) in [6.07, 6.45) is 3.06. The van der Waals surface area contributed by atoms with E-state index in [0.717, 1.165) is 12.0 Å². The van der Waals surface area contributed by atoms with E-state index in [2.05, 4.69) is 0 Å². The molecule has 3 aromatic rings. The second-order valence-electron chi connectivity index (χ2n) is 9.72. The van der Waals surface area contributed by atoms with Gasteiger partial charge in [0.1, 0.15) is 11.4 Å². The highest BCUT2D eigenvalue weighted by molar-refractivity contribution is 7.92. The molecule has 0 bridgehead atoms. The smallest absolute Gasteiger partial charge is 0.340 e. The van der Waals surface area contributed by atoms with Crippen LogP contribution < -0.4 is 4.31 Å². The largest absolute Gasteiger partial charge is 0.512 e. The number of anilines is 1. The van der Waals surface area contributed by atoms with Gasteiger partial charge in [0.2, 0.25) is 0 Å². The number of aryl methyl sites for hydroxylation is 1. The standard InChI is InChI=1S/C31H35NO5S/c1-3-21-31(22-20-24-14-8-5-9-15-24)23-28(33)29(30(34)37-31)27(4-2)32(25-16-10-6-11-17-25)38(35,36)26-18-12-7-13-19-26/h5-19,27,33H,3-4,20-23H2,1-2H3. The zero-order valence-electron chi connectivity index (χ0n) is 21.9. The molecule has 1 N–H and O–H groups in total. The number of aliphatic hydroxyl groups excluding tert-OH is 1. The Morgan fingerprint density at radius 1 is 0.895 bits per heavy atom. The summed E-state index contributed by atoms with van der Waals surface area (Å²) in [7, 11) is -4.07. The molecule has 2 unspecified atom stereocenters. The molecule has 4 rings (SSSR count). The van der Waals surface area contributed by atoms with Gasteiger partial charge in [0.05, 0.1) is 22.2 Å². The Labute approximate surface area is 225 Å². The van der Waals surface area contributed by atoms with Crippen LogP contribution in [0.25, 0.3) is 0 Å². The molecule has 200 valence electrons. The Bertz CT molecular complexity index is 1360. The van der Waals surface area contributed by atoms with E-state index in [-0.39, 0.29) is 29.1 Å². The van der Waals surface area contributed by atoms with Crippen LogP contribution in [-0.2, 0) is 26.0 Å². The Balaban J connectivity index is 1.74. The lowest BCUT2D eigenvalue weighted by atomic mass is 9.82. The molecule has 0 radical (unpaired) electrons. The first-order valence-electron chi connectivity index (χ1n) is 13.1. The van der Waals surface area contributed by atoms with E-state index in [0.29, 0.717) is 24.9 Å². The van der Waals surface area contributed by atoms with E-state index < -0.39 is 27.6 Å². The van der Waals surface area contributed by atoms with E-state index >= 15 is 0 Å². The first-order chi connectivity index (χ1) is 18.3. The molecular formula is C31H35NO5S. The van der Waals surface area contributed by atoms with Gasteiger partial charge in [0.25, 0.3) is 10.0 Å². The van der Waals surface area contributed by atoms with Gasteiger partial charge in [-0.05, 0) is 55.5 Å². The number of carbonyl (C=O) groups is 1. The van der Waals surface area contributed by atoms with Crippen LogP contribution in [-0.4, -0.2) is 31.1 Å². The van der Waals surface area contributed by atoms with Crippen LogP contribution in [0.4, 0.5) is 5.69 Å². The molecule has 1 aliphatic rings. The van der Waals surface area contributed by atoms with Crippen molar-refractivity contribution in [3.05, 3.63) is 108 Å². The average molecular weight is 534 g/mol. The fraction of sp³-hybridized carbons (Fsp3) is 0.323. The van der Waals surface area contributed by atoms with Gasteiger partial charge in [-0.1, -0.05) is 87.0 Å². The summed E-state index contributed by atoms with van der Waals surface area (Å²) >= 11 is 0. The van der Waals surface area contributed by atoms with E-state index in [1.807, 2.05) is 37.3 Å². The van der Waals surface area contributed by atoms with Crippen molar-refractivity contribution in [1.29, 1.82) is 0 Å². The lowest BCUT2D eigenvalue weighted by Crippen LogP contribution is -2.48. The van der Waals surface area contributed by atoms with Gasteiger partial charge in [0.15, 0.2) is 0 Å². The van der Waals surface area contributed by atoms with Crippen molar-refractivity contribution in [2.75, 3.05) is 4.31 Å². The minimum atomic E-state index is -4.07. The van der Waals surface area contributed by atoms with Crippen LogP contribution in [0.2, 0.25) is 0 Å². The van der Waals surface area contributed by atoms with Gasteiger partial charge in [-0.3, -0.25) is 4.31 Å². The second kappa shape index (κ2) is 11.9. The number of sulfonamides is 1. The lowest BCUT2D eigenvalue weighted by Gasteiger charge is -2.41. The molecule has 6 nitrogen and oxygen atoms in total. The number of carbonyl (C=O) groups excluding carboxylic acids is 1. The molecule has 0 fully saturated rings. The molecular weight excluding hydrogens is 498 g/mol. The number of nitrogens with zero attached hydrogens (tertiary/aromatic N) is 1. The summed E-state index contributed by atoms with van der Waals surface area (Å²) in [5.41, 5.74) is 0.695. The van der Waals surface area contributed by atoms with Crippen LogP contribution in [0, 0.1) is 0 Å². The van der Waals surface area contributed by atoms with Crippen molar-refractivity contribution in [3.63, 3.8) is 0 Å². The topological polar surface area (TPSA) is 83.9 Å². The maximum atomic E-state index is 13.9. The quantitative estimate of drug-likeness (QED) is 0.281. The fourth-order valence-electron chi connectivity index (χ4n) is 5.26. The van der Waals surface area contributed by atoms with Crippen LogP contribution in [0.1, 0.15) is 51.5 Å². The van der Waals surface area contributed by atoms with Gasteiger partial charge in [0, 0.05) is 6.42 Å². The number of ether oxygens (including phenoxy) is 1. The summed E-state index contributed by atoms with van der Waals surface area (Å²) in [5.74, 6) is -0.759. The maximum Gasteiger partial charge on any atom is 0.340 e. The van der Waals surface area contributed by atoms with Crippen LogP contribution in [0.3, 0.4) is 0 Å². The highest BCUT2D eigenvalue weighted by atomic mass is 32.2. The predicted molar refractivity (Wildman–Crippen MR) is 149 cm³/mol. The summed E-state index contributed by atoms with van der Waals surface area (Å²) in [6, 6.07) is 25.8. The number of cyclic esters (lactones) is 1. The van der Waals surface area contributed by atoms with Crippen molar-refractivity contribution in [2.24, 2.45) is 0 Å². The highest BCUT2D eigenvalue weighted by Crippen LogP contribution is 2.40. The van der Waals surface area contributed by atoms with Gasteiger partial charge in [-0.2, -0.15) is 0 Å². The van der Waals surface area contributed by atoms with Gasteiger partial charge in [-0.25, -0.2) is 13.2 Å². The van der Waals surface area contributed by atoms with E-state index in [9.17, 15) is 18.3 Å². The zero-order valence-corrected chi connectivity index (χ0v) is 22.7. The monoisotopic (exact) mass is 533 g/mol. The van der Waals surface area contributed by atoms with Crippen LogP contribution >= 0.6 is 0 Å². The molecule has 0 spiro atoms. The number of aliphatic hydroxyl groups is 1. The molecule has 1 heterocycles. The number of para-hydroxylation sites is 1. The molecule has 0 aromatic heterocycles. The van der Waals surface area contributed by atoms with Gasteiger partial charge < -0.3 is 9.84 Å². The molecule has 0 amide bonds. The summed E-state index contributed by atoms with van der Waals surface area (Å²) in [5, 5.41) is 11.4. The number of esters is 1. The third-order valence-corrected chi connectivity index (χ3v) is 8.91. The maximum absolute atomic E-state index is 13.9. The number of hydrogen-bond acceptors (Lipinski definition) is 5. The molecule has 2 atom stereocenters. The van der Waals surface area contributed by atoms with Gasteiger partial charge >= 0.3 is 5.97 Å². The second-order valence-corrected chi connectivity index (χ2v) is 11.5. The highest BCUT2D eigenvalue weighted by Gasteiger charge is 2.46. The molecule has 0 saturated carbocycles. The first-order valence-corrected chi connectivity index (χ1v) is 14.6. The molecule has 7 heteroatoms. The normalized spacial score (nSPS) is 18.6. The van der Waals surface area contributed by atoms with Crippen molar-refractivity contribution >= 4 is 21.7 Å². The molecule has 0 saturated heterocycles. The summed E-state index contributed by atoms with van der Waals surface area (Å²) in [6.45, 7) is 3.82. The van der Waals surface area contributed by atoms with E-state index in [1.54, 1.807) is 55.5 Å². The van der Waals surface area contributed by atoms with Crippen molar-refractivity contribution in [1.82, 2.24) is 0 Å². The SMILES string of the molecule is CCCC1(CCc2ccccc2)CC(O)=C(C(CC)N(c2ccccc2)S(=O)(=O)c2ccccc2)C(=O)O1. The van der Waals surface area contributed by atoms with Crippen LogP contribution in [0.5, 0.6) is 0 Å². The fourth-order valence-corrected chi connectivity index (χ4v) is 6.98. The molecule has 3 aromatic carbocycles. The third-order valence-electron chi connectivity index (χ3n) is 7.06. The Kier molecular flexibility index (Phi) is 8.57. The van der Waals surface area contributed by atoms with E-state index in [1.165, 1.54) is 16.4 Å². The first kappa shape index (κ1) is 27.5. The Morgan fingerprint density at radius 2 is 1.47 bits per heavy atom. The number of benzene rings is 3. The zero-order chi connectivity index (χ0) is 27.2. The van der Waals surface area contributed by atoms with E-state index in [4.69, 9.17) is 4.74 Å². The average Bonchev–Trinajstić information content (AvgIpc) is 2.92. The minimum absolute atomic E-state index is 0.00213. The summed E-state index contributed by atoms with van der Waals surface area (Å²) in [4.78, 5) is 13.8. The molecule has 1 aliphatic heterocycles. The Morgan fingerprint density at radius 3 is 2.03 bits per heavy atom. The molecule has 38 heavy (non-hydrogen) atoms.